The molecule has 110 valence electrons. The van der Waals surface area contributed by atoms with Crippen LogP contribution in [-0.2, 0) is 6.54 Å². The summed E-state index contributed by atoms with van der Waals surface area (Å²) in [5.74, 6) is 3.41. The van der Waals surface area contributed by atoms with Gasteiger partial charge in [0.15, 0.2) is 0 Å². The Morgan fingerprint density at radius 1 is 1.33 bits per heavy atom. The molecule has 0 aliphatic heterocycles. The van der Waals surface area contributed by atoms with Gasteiger partial charge in [0.1, 0.15) is 23.1 Å². The van der Waals surface area contributed by atoms with Crippen LogP contribution in [0, 0.1) is 6.92 Å². The lowest BCUT2D eigenvalue weighted by molar-refractivity contribution is 0.415. The van der Waals surface area contributed by atoms with E-state index < -0.39 is 0 Å². The third-order valence-corrected chi connectivity index (χ3v) is 3.65. The Morgan fingerprint density at radius 3 is 2.76 bits per heavy atom. The summed E-state index contributed by atoms with van der Waals surface area (Å²) in [5.41, 5.74) is 1.90. The van der Waals surface area contributed by atoms with Crippen molar-refractivity contribution in [1.29, 1.82) is 0 Å². The van der Waals surface area contributed by atoms with Crippen molar-refractivity contribution in [3.05, 3.63) is 47.7 Å². The van der Waals surface area contributed by atoms with E-state index in [9.17, 15) is 0 Å². The van der Waals surface area contributed by atoms with E-state index in [0.717, 1.165) is 34.1 Å². The lowest BCUT2D eigenvalue weighted by Gasteiger charge is -2.09. The molecule has 3 rings (SSSR count). The van der Waals surface area contributed by atoms with Gasteiger partial charge in [0, 0.05) is 6.07 Å². The zero-order valence-electron chi connectivity index (χ0n) is 12.3. The van der Waals surface area contributed by atoms with E-state index in [0.29, 0.717) is 6.54 Å². The molecule has 0 bridgehead atoms. The molecule has 0 spiro atoms. The standard InChI is InChI=1S/C16H17ClN2O2/c1-10-4-5-13(21-10)9-19-15-8-12(20-3)6-7-14(15)18-16(19)11(2)17/h4-8,11H,9H2,1-3H3. The predicted octanol–water partition coefficient (Wildman–Crippen LogP) is 4.29. The molecular weight excluding hydrogens is 288 g/mol. The number of benzene rings is 1. The normalized spacial score (nSPS) is 12.8. The number of alkyl halides is 1. The molecule has 0 fully saturated rings. The topological polar surface area (TPSA) is 40.2 Å². The van der Waals surface area contributed by atoms with Gasteiger partial charge in [-0.1, -0.05) is 0 Å². The first-order chi connectivity index (χ1) is 10.1. The monoisotopic (exact) mass is 304 g/mol. The molecule has 5 heteroatoms. The smallest absolute Gasteiger partial charge is 0.128 e. The van der Waals surface area contributed by atoms with Gasteiger partial charge in [-0.05, 0) is 38.1 Å². The second-order valence-electron chi connectivity index (χ2n) is 5.04. The van der Waals surface area contributed by atoms with Gasteiger partial charge in [0.2, 0.25) is 0 Å². The second kappa shape index (κ2) is 5.45. The Bertz CT molecular complexity index is 774. The van der Waals surface area contributed by atoms with Crippen LogP contribution >= 0.6 is 11.6 Å². The first kappa shape index (κ1) is 14.0. The van der Waals surface area contributed by atoms with Crippen LogP contribution in [0.3, 0.4) is 0 Å². The first-order valence-corrected chi connectivity index (χ1v) is 7.25. The van der Waals surface area contributed by atoms with Crippen LogP contribution in [0.2, 0.25) is 0 Å². The van der Waals surface area contributed by atoms with Gasteiger partial charge in [-0.25, -0.2) is 4.98 Å². The van der Waals surface area contributed by atoms with Crippen LogP contribution in [0.4, 0.5) is 0 Å². The molecular formula is C16H17ClN2O2. The molecule has 4 nitrogen and oxygen atoms in total. The van der Waals surface area contributed by atoms with Crippen LogP contribution < -0.4 is 4.74 Å². The maximum atomic E-state index is 6.28. The van der Waals surface area contributed by atoms with Crippen molar-refractivity contribution in [1.82, 2.24) is 9.55 Å². The summed E-state index contributed by atoms with van der Waals surface area (Å²) in [6, 6.07) is 9.75. The fourth-order valence-electron chi connectivity index (χ4n) is 2.44. The highest BCUT2D eigenvalue weighted by Crippen LogP contribution is 2.28. The third kappa shape index (κ3) is 2.63. The Kier molecular flexibility index (Phi) is 3.64. The van der Waals surface area contributed by atoms with Crippen molar-refractivity contribution >= 4 is 22.6 Å². The highest BCUT2D eigenvalue weighted by atomic mass is 35.5. The largest absolute Gasteiger partial charge is 0.497 e. The van der Waals surface area contributed by atoms with Crippen molar-refractivity contribution in [3.8, 4) is 5.75 Å². The summed E-state index contributed by atoms with van der Waals surface area (Å²) in [7, 11) is 1.66. The minimum atomic E-state index is -0.181. The summed E-state index contributed by atoms with van der Waals surface area (Å²) in [6.07, 6.45) is 0. The number of methoxy groups -OCH3 is 1. The van der Waals surface area contributed by atoms with Crippen molar-refractivity contribution in [3.63, 3.8) is 0 Å². The van der Waals surface area contributed by atoms with Crippen LogP contribution in [0.25, 0.3) is 11.0 Å². The number of aromatic nitrogens is 2. The van der Waals surface area contributed by atoms with Gasteiger partial charge < -0.3 is 13.7 Å². The van der Waals surface area contributed by atoms with E-state index in [1.165, 1.54) is 0 Å². The van der Waals surface area contributed by atoms with Crippen molar-refractivity contribution in [2.45, 2.75) is 25.8 Å². The number of fused-ring (bicyclic) bond motifs is 1. The van der Waals surface area contributed by atoms with Gasteiger partial charge in [0.25, 0.3) is 0 Å². The fourth-order valence-corrected chi connectivity index (χ4v) is 2.61. The molecule has 21 heavy (non-hydrogen) atoms. The molecule has 1 aromatic carbocycles. The molecule has 0 amide bonds. The van der Waals surface area contributed by atoms with Crippen LogP contribution in [0.15, 0.2) is 34.7 Å². The predicted molar refractivity (Wildman–Crippen MR) is 83.1 cm³/mol. The number of aryl methyl sites for hydroxylation is 1. The Balaban J connectivity index is 2.14. The van der Waals surface area contributed by atoms with Crippen LogP contribution in [-0.4, -0.2) is 16.7 Å². The lowest BCUT2D eigenvalue weighted by atomic mass is 10.3. The fraction of sp³-hybridized carbons (Fsp3) is 0.312. The van der Waals surface area contributed by atoms with E-state index in [1.54, 1.807) is 7.11 Å². The van der Waals surface area contributed by atoms with E-state index in [-0.39, 0.29) is 5.38 Å². The van der Waals surface area contributed by atoms with Crippen LogP contribution in [0.1, 0.15) is 29.6 Å². The molecule has 0 radical (unpaired) electrons. The highest BCUT2D eigenvalue weighted by Gasteiger charge is 2.16. The number of rotatable bonds is 4. The molecule has 0 saturated heterocycles. The van der Waals surface area contributed by atoms with Crippen molar-refractivity contribution < 1.29 is 9.15 Å². The number of halogens is 1. The summed E-state index contributed by atoms with van der Waals surface area (Å²) >= 11 is 6.28. The molecule has 3 aromatic rings. The van der Waals surface area contributed by atoms with Crippen molar-refractivity contribution in [2.75, 3.05) is 7.11 Å². The second-order valence-corrected chi connectivity index (χ2v) is 5.69. The first-order valence-electron chi connectivity index (χ1n) is 6.82. The molecule has 0 N–H and O–H groups in total. The molecule has 2 aromatic heterocycles. The number of hydrogen-bond donors (Lipinski definition) is 0. The zero-order valence-corrected chi connectivity index (χ0v) is 13.0. The van der Waals surface area contributed by atoms with Gasteiger partial charge in [0.05, 0.1) is 30.1 Å². The van der Waals surface area contributed by atoms with E-state index in [2.05, 4.69) is 9.55 Å². The summed E-state index contributed by atoms with van der Waals surface area (Å²) < 4.78 is 13.1. The molecule has 2 heterocycles. The Morgan fingerprint density at radius 2 is 2.14 bits per heavy atom. The Labute approximate surface area is 128 Å². The van der Waals surface area contributed by atoms with Gasteiger partial charge in [-0.15, -0.1) is 11.6 Å². The van der Waals surface area contributed by atoms with E-state index in [4.69, 9.17) is 20.8 Å². The number of nitrogens with zero attached hydrogens (tertiary/aromatic N) is 2. The summed E-state index contributed by atoms with van der Waals surface area (Å²) in [6.45, 7) is 4.46. The quantitative estimate of drug-likeness (QED) is 0.675. The average Bonchev–Trinajstić information content (AvgIpc) is 3.03. The number of ether oxygens (including phenoxy) is 1. The minimum absolute atomic E-state index is 0.181. The number of furan rings is 1. The lowest BCUT2D eigenvalue weighted by Crippen LogP contribution is -2.05. The minimum Gasteiger partial charge on any atom is -0.497 e. The molecule has 0 aliphatic rings. The zero-order chi connectivity index (χ0) is 15.0. The molecule has 0 saturated carbocycles. The van der Waals surface area contributed by atoms with Crippen LogP contribution in [0.5, 0.6) is 5.75 Å². The summed E-state index contributed by atoms with van der Waals surface area (Å²) in [4.78, 5) is 4.62. The third-order valence-electron chi connectivity index (χ3n) is 3.45. The van der Waals surface area contributed by atoms with E-state index >= 15 is 0 Å². The number of hydrogen-bond acceptors (Lipinski definition) is 3. The summed E-state index contributed by atoms with van der Waals surface area (Å²) in [5, 5.41) is -0.181. The van der Waals surface area contributed by atoms with Gasteiger partial charge in [-0.3, -0.25) is 0 Å². The highest BCUT2D eigenvalue weighted by molar-refractivity contribution is 6.20. The maximum Gasteiger partial charge on any atom is 0.128 e. The Hall–Kier alpha value is -1.94. The van der Waals surface area contributed by atoms with E-state index in [1.807, 2.05) is 44.2 Å². The molecule has 0 aliphatic carbocycles. The van der Waals surface area contributed by atoms with Gasteiger partial charge >= 0.3 is 0 Å². The van der Waals surface area contributed by atoms with Gasteiger partial charge in [-0.2, -0.15) is 0 Å². The molecule has 1 atom stereocenters. The average molecular weight is 305 g/mol. The molecule has 1 unspecified atom stereocenters. The SMILES string of the molecule is COc1ccc2nc(C(C)Cl)n(Cc3ccc(C)o3)c2c1. The maximum absolute atomic E-state index is 6.28. The number of imidazole rings is 1. The van der Waals surface area contributed by atoms with Crippen molar-refractivity contribution in [2.24, 2.45) is 0 Å².